The molecule has 4 aromatic rings. The summed E-state index contributed by atoms with van der Waals surface area (Å²) in [5.74, 6) is 0.0708. The van der Waals surface area contributed by atoms with Crippen LogP contribution >= 0.6 is 0 Å². The molecule has 0 fully saturated rings. The van der Waals surface area contributed by atoms with Gasteiger partial charge in [-0.05, 0) is 49.6 Å². The molecule has 0 atom stereocenters. The fourth-order valence-corrected chi connectivity index (χ4v) is 5.68. The minimum atomic E-state index is -3.83. The molecule has 0 radical (unpaired) electrons. The van der Waals surface area contributed by atoms with Crippen LogP contribution in [0.5, 0.6) is 0 Å². The molecule has 0 unspecified atom stereocenters. The minimum Gasteiger partial charge on any atom is -0.309 e. The van der Waals surface area contributed by atoms with E-state index < -0.39 is 15.9 Å². The topological polar surface area (TPSA) is 84.3 Å². The number of hydrogen-bond donors (Lipinski definition) is 1. The van der Waals surface area contributed by atoms with Gasteiger partial charge in [-0.15, -0.1) is 0 Å². The van der Waals surface area contributed by atoms with Gasteiger partial charge in [-0.3, -0.25) is 4.79 Å². The van der Waals surface area contributed by atoms with Crippen LogP contribution in [0, 0.1) is 13.8 Å². The van der Waals surface area contributed by atoms with Crippen molar-refractivity contribution in [3.8, 4) is 16.8 Å². The average Bonchev–Trinajstić information content (AvgIpc) is 3.20. The Morgan fingerprint density at radius 1 is 0.917 bits per heavy atom. The van der Waals surface area contributed by atoms with Crippen LogP contribution in [-0.2, 0) is 14.8 Å². The lowest BCUT2D eigenvalue weighted by Gasteiger charge is -2.21. The number of anilines is 1. The minimum absolute atomic E-state index is 0.164. The maximum Gasteiger partial charge on any atom is 0.243 e. The van der Waals surface area contributed by atoms with Crippen LogP contribution in [0.15, 0.2) is 89.8 Å². The summed E-state index contributed by atoms with van der Waals surface area (Å²) in [6, 6.07) is 25.7. The van der Waals surface area contributed by atoms with Crippen LogP contribution in [0.3, 0.4) is 0 Å². The van der Waals surface area contributed by atoms with Gasteiger partial charge in [0, 0.05) is 12.1 Å². The summed E-state index contributed by atoms with van der Waals surface area (Å²) in [6.45, 7) is 5.69. The normalized spacial score (nSPS) is 11.6. The van der Waals surface area contributed by atoms with Crippen molar-refractivity contribution in [3.63, 3.8) is 0 Å². The Kier molecular flexibility index (Phi) is 7.67. The highest BCUT2D eigenvalue weighted by Gasteiger charge is 2.27. The maximum atomic E-state index is 13.4. The molecule has 8 heteroatoms. The van der Waals surface area contributed by atoms with Gasteiger partial charge in [-0.2, -0.15) is 9.40 Å². The van der Waals surface area contributed by atoms with Crippen molar-refractivity contribution in [2.75, 3.05) is 18.4 Å². The predicted octanol–water partition coefficient (Wildman–Crippen LogP) is 5.20. The summed E-state index contributed by atoms with van der Waals surface area (Å²) in [6.07, 6.45) is 0.578. The Balaban J connectivity index is 1.73. The van der Waals surface area contributed by atoms with E-state index in [4.69, 9.17) is 5.10 Å². The van der Waals surface area contributed by atoms with E-state index in [9.17, 15) is 13.2 Å². The molecular formula is C28H30N4O3S. The third kappa shape index (κ3) is 5.24. The first-order valence-corrected chi connectivity index (χ1v) is 13.3. The van der Waals surface area contributed by atoms with Crippen LogP contribution in [0.4, 0.5) is 5.82 Å². The van der Waals surface area contributed by atoms with Crippen molar-refractivity contribution in [1.29, 1.82) is 0 Å². The van der Waals surface area contributed by atoms with Gasteiger partial charge in [-0.1, -0.05) is 73.7 Å². The number of para-hydroxylation sites is 1. The van der Waals surface area contributed by atoms with Crippen LogP contribution in [0.25, 0.3) is 16.8 Å². The molecule has 0 saturated carbocycles. The molecule has 4 rings (SSSR count). The fourth-order valence-electron chi connectivity index (χ4n) is 4.18. The first-order valence-electron chi connectivity index (χ1n) is 11.9. The van der Waals surface area contributed by atoms with E-state index in [-0.39, 0.29) is 18.0 Å². The lowest BCUT2D eigenvalue weighted by Crippen LogP contribution is -2.38. The number of rotatable bonds is 9. The van der Waals surface area contributed by atoms with Crippen LogP contribution in [0.1, 0.15) is 24.6 Å². The number of carbonyl (C=O) groups is 1. The number of nitrogens with zero attached hydrogens (tertiary/aromatic N) is 3. The number of aromatic nitrogens is 2. The molecule has 0 aliphatic carbocycles. The molecule has 0 spiro atoms. The molecule has 0 saturated heterocycles. The molecule has 0 aliphatic heterocycles. The molecule has 1 aromatic heterocycles. The Hall–Kier alpha value is -3.75. The zero-order valence-corrected chi connectivity index (χ0v) is 21.5. The zero-order chi connectivity index (χ0) is 25.7. The highest BCUT2D eigenvalue weighted by atomic mass is 32.2. The van der Waals surface area contributed by atoms with Gasteiger partial charge >= 0.3 is 0 Å². The number of nitrogens with one attached hydrogen (secondary N) is 1. The smallest absolute Gasteiger partial charge is 0.243 e. The van der Waals surface area contributed by atoms with E-state index in [1.165, 1.54) is 4.31 Å². The zero-order valence-electron chi connectivity index (χ0n) is 20.7. The van der Waals surface area contributed by atoms with E-state index in [1.807, 2.05) is 75.4 Å². The van der Waals surface area contributed by atoms with Crippen molar-refractivity contribution in [3.05, 3.63) is 96.2 Å². The van der Waals surface area contributed by atoms with Crippen molar-refractivity contribution < 1.29 is 13.2 Å². The first-order chi connectivity index (χ1) is 17.3. The highest BCUT2D eigenvalue weighted by molar-refractivity contribution is 7.89. The molecule has 1 heterocycles. The van der Waals surface area contributed by atoms with E-state index in [1.54, 1.807) is 35.0 Å². The van der Waals surface area contributed by atoms with Crippen LogP contribution in [-0.4, -0.2) is 41.5 Å². The molecule has 1 N–H and O–H groups in total. The standard InChI is InChI=1S/C28H30N4O3S/c1-4-19-31(36(34,35)24-16-9-6-10-17-24)20-26(33)29-28-27(23-14-7-5-8-15-23)22(3)30-32(28)25-18-12-11-13-21(25)2/h5-18H,4,19-20H2,1-3H3,(H,29,33). The van der Waals surface area contributed by atoms with Crippen LogP contribution < -0.4 is 5.32 Å². The second-order valence-electron chi connectivity index (χ2n) is 8.57. The first kappa shape index (κ1) is 25.3. The van der Waals surface area contributed by atoms with E-state index in [0.717, 1.165) is 28.1 Å². The van der Waals surface area contributed by atoms with Gasteiger partial charge in [0.1, 0.15) is 5.82 Å². The highest BCUT2D eigenvalue weighted by Crippen LogP contribution is 2.34. The lowest BCUT2D eigenvalue weighted by atomic mass is 10.1. The van der Waals surface area contributed by atoms with Crippen molar-refractivity contribution >= 4 is 21.7 Å². The molecule has 36 heavy (non-hydrogen) atoms. The Labute approximate surface area is 212 Å². The Morgan fingerprint density at radius 3 is 2.17 bits per heavy atom. The van der Waals surface area contributed by atoms with Gasteiger partial charge in [0.15, 0.2) is 0 Å². The molecular weight excluding hydrogens is 472 g/mol. The molecule has 7 nitrogen and oxygen atoms in total. The molecule has 0 aliphatic rings. The number of aryl methyl sites for hydroxylation is 2. The average molecular weight is 503 g/mol. The number of hydrogen-bond acceptors (Lipinski definition) is 4. The SMILES string of the molecule is CCCN(CC(=O)Nc1c(-c2ccccc2)c(C)nn1-c1ccccc1C)S(=O)(=O)c1ccccc1. The van der Waals surface area contributed by atoms with Crippen molar-refractivity contribution in [1.82, 2.24) is 14.1 Å². The maximum absolute atomic E-state index is 13.4. The van der Waals surface area contributed by atoms with Crippen molar-refractivity contribution in [2.24, 2.45) is 0 Å². The summed E-state index contributed by atoms with van der Waals surface area (Å²) in [4.78, 5) is 13.5. The quantitative estimate of drug-likeness (QED) is 0.341. The Morgan fingerprint density at radius 2 is 1.53 bits per heavy atom. The van der Waals surface area contributed by atoms with Crippen LogP contribution in [0.2, 0.25) is 0 Å². The van der Waals surface area contributed by atoms with Gasteiger partial charge < -0.3 is 5.32 Å². The summed E-state index contributed by atoms with van der Waals surface area (Å²) in [5.41, 5.74) is 4.28. The van der Waals surface area contributed by atoms with E-state index in [2.05, 4.69) is 5.32 Å². The molecule has 3 aromatic carbocycles. The lowest BCUT2D eigenvalue weighted by molar-refractivity contribution is -0.116. The molecule has 186 valence electrons. The summed E-state index contributed by atoms with van der Waals surface area (Å²) in [7, 11) is -3.83. The fraction of sp³-hybridized carbons (Fsp3) is 0.214. The molecule has 1 amide bonds. The van der Waals surface area contributed by atoms with Gasteiger partial charge in [0.25, 0.3) is 0 Å². The third-order valence-corrected chi connectivity index (χ3v) is 7.76. The summed E-state index contributed by atoms with van der Waals surface area (Å²) >= 11 is 0. The molecule has 0 bridgehead atoms. The number of benzene rings is 3. The second kappa shape index (κ2) is 10.9. The number of carbonyl (C=O) groups excluding carboxylic acids is 1. The second-order valence-corrected chi connectivity index (χ2v) is 10.5. The largest absolute Gasteiger partial charge is 0.309 e. The van der Waals surface area contributed by atoms with Gasteiger partial charge in [0.05, 0.1) is 22.8 Å². The van der Waals surface area contributed by atoms with E-state index in [0.29, 0.717) is 12.2 Å². The number of sulfonamides is 1. The van der Waals surface area contributed by atoms with Gasteiger partial charge in [-0.25, -0.2) is 13.1 Å². The third-order valence-electron chi connectivity index (χ3n) is 5.90. The van der Waals surface area contributed by atoms with Gasteiger partial charge in [0.2, 0.25) is 15.9 Å². The Bertz CT molecular complexity index is 1450. The van der Waals surface area contributed by atoms with E-state index >= 15 is 0 Å². The number of amides is 1. The summed E-state index contributed by atoms with van der Waals surface area (Å²) < 4.78 is 29.5. The summed E-state index contributed by atoms with van der Waals surface area (Å²) in [5, 5.41) is 7.75. The monoisotopic (exact) mass is 502 g/mol. The van der Waals surface area contributed by atoms with Crippen molar-refractivity contribution in [2.45, 2.75) is 32.1 Å². The predicted molar refractivity (Wildman–Crippen MR) is 143 cm³/mol.